The molecule has 0 saturated carbocycles. The third-order valence-electron chi connectivity index (χ3n) is 2.12. The number of rotatable bonds is 1. The molecule has 5 nitrogen and oxygen atoms in total. The van der Waals surface area contributed by atoms with E-state index in [-0.39, 0.29) is 17.3 Å². The average molecular weight is 225 g/mol. The Morgan fingerprint density at radius 2 is 2.20 bits per heavy atom. The van der Waals surface area contributed by atoms with Crippen LogP contribution in [0, 0.1) is 6.92 Å². The van der Waals surface area contributed by atoms with Gasteiger partial charge in [-0.3, -0.25) is 0 Å². The largest absolute Gasteiger partial charge is 0.341 e. The van der Waals surface area contributed by atoms with Crippen LogP contribution in [0.25, 0.3) is 0 Å². The zero-order valence-corrected chi connectivity index (χ0v) is 9.00. The van der Waals surface area contributed by atoms with Gasteiger partial charge in [0.1, 0.15) is 10.7 Å². The van der Waals surface area contributed by atoms with Crippen molar-refractivity contribution >= 4 is 21.5 Å². The van der Waals surface area contributed by atoms with Gasteiger partial charge in [-0.1, -0.05) is 6.07 Å². The second-order valence-electron chi connectivity index (χ2n) is 3.34. The van der Waals surface area contributed by atoms with Crippen molar-refractivity contribution in [3.8, 4) is 0 Å². The maximum Gasteiger partial charge on any atom is 0.286 e. The number of benzene rings is 1. The Kier molecular flexibility index (Phi) is 2.24. The van der Waals surface area contributed by atoms with Crippen molar-refractivity contribution in [2.45, 2.75) is 11.8 Å². The summed E-state index contributed by atoms with van der Waals surface area (Å²) >= 11 is 0. The summed E-state index contributed by atoms with van der Waals surface area (Å²) in [6.07, 6.45) is 0. The lowest BCUT2D eigenvalue weighted by atomic mass is 10.2. The molecule has 6 heteroatoms. The molecule has 0 fully saturated rings. The lowest BCUT2D eigenvalue weighted by molar-refractivity contribution is 0.597. The molecule has 1 aromatic rings. The molecule has 0 aromatic heterocycles. The molecule has 0 spiro atoms. The maximum absolute atomic E-state index is 11.7. The van der Waals surface area contributed by atoms with Crippen LogP contribution < -0.4 is 11.1 Å². The summed E-state index contributed by atoms with van der Waals surface area (Å²) in [6, 6.07) is 5.14. The Morgan fingerprint density at radius 3 is 2.87 bits per heavy atom. The highest BCUT2D eigenvalue weighted by molar-refractivity contribution is 7.90. The summed E-state index contributed by atoms with van der Waals surface area (Å²) in [6.45, 7) is 1.91. The molecular formula is C9H11N3O2S. The highest BCUT2D eigenvalue weighted by atomic mass is 32.2. The molecule has 15 heavy (non-hydrogen) atoms. The van der Waals surface area contributed by atoms with Crippen molar-refractivity contribution in [1.29, 1.82) is 0 Å². The van der Waals surface area contributed by atoms with E-state index in [0.717, 1.165) is 5.56 Å². The first-order chi connectivity index (χ1) is 7.03. The number of amidine groups is 1. The molecule has 3 N–H and O–H groups in total. The standard InChI is InChI=1S/C9H11N3O2S/c1-6-2-3-7-8(4-6)15(13,14)12-9(5-10)11-7/h2-4H,5,10H2,1H3,(H,11,12). The molecular weight excluding hydrogens is 214 g/mol. The lowest BCUT2D eigenvalue weighted by Crippen LogP contribution is -2.28. The fraction of sp³-hybridized carbons (Fsp3) is 0.222. The van der Waals surface area contributed by atoms with E-state index in [2.05, 4.69) is 9.71 Å². The zero-order valence-electron chi connectivity index (χ0n) is 8.19. The van der Waals surface area contributed by atoms with E-state index in [4.69, 9.17) is 5.73 Å². The molecule has 1 aliphatic rings. The molecule has 1 aromatic carbocycles. The van der Waals surface area contributed by atoms with Crippen molar-refractivity contribution in [3.63, 3.8) is 0 Å². The van der Waals surface area contributed by atoms with E-state index in [0.29, 0.717) is 5.69 Å². The molecule has 1 heterocycles. The van der Waals surface area contributed by atoms with E-state index >= 15 is 0 Å². The molecule has 0 aliphatic carbocycles. The number of sulfonamides is 1. The molecule has 0 atom stereocenters. The second-order valence-corrected chi connectivity index (χ2v) is 4.91. The molecule has 0 unspecified atom stereocenters. The number of anilines is 1. The molecule has 80 valence electrons. The maximum atomic E-state index is 11.7. The minimum Gasteiger partial charge on any atom is -0.341 e. The Labute approximate surface area is 88.1 Å². The molecule has 2 rings (SSSR count). The van der Waals surface area contributed by atoms with Crippen LogP contribution in [-0.2, 0) is 10.0 Å². The van der Waals surface area contributed by atoms with Crippen LogP contribution in [0.2, 0.25) is 0 Å². The van der Waals surface area contributed by atoms with Gasteiger partial charge in [-0.15, -0.1) is 4.40 Å². The van der Waals surface area contributed by atoms with Gasteiger partial charge in [0, 0.05) is 0 Å². The van der Waals surface area contributed by atoms with E-state index in [1.54, 1.807) is 12.1 Å². The summed E-state index contributed by atoms with van der Waals surface area (Å²) in [5, 5.41) is 2.88. The Bertz CT molecular complexity index is 534. The Hall–Kier alpha value is -1.40. The number of nitrogens with zero attached hydrogens (tertiary/aromatic N) is 1. The third kappa shape index (κ3) is 1.73. The van der Waals surface area contributed by atoms with E-state index in [9.17, 15) is 8.42 Å². The van der Waals surface area contributed by atoms with E-state index in [1.807, 2.05) is 13.0 Å². The third-order valence-corrected chi connectivity index (χ3v) is 3.47. The number of fused-ring (bicyclic) bond motifs is 1. The first-order valence-electron chi connectivity index (χ1n) is 4.44. The fourth-order valence-corrected chi connectivity index (χ4v) is 2.65. The minimum absolute atomic E-state index is 0.0759. The molecule has 0 amide bonds. The number of nitrogens with two attached hydrogens (primary N) is 1. The van der Waals surface area contributed by atoms with Crippen molar-refractivity contribution in [2.24, 2.45) is 10.1 Å². The van der Waals surface area contributed by atoms with Crippen LogP contribution in [0.3, 0.4) is 0 Å². The van der Waals surface area contributed by atoms with Crippen molar-refractivity contribution in [2.75, 3.05) is 11.9 Å². The average Bonchev–Trinajstić information content (AvgIpc) is 2.18. The first-order valence-corrected chi connectivity index (χ1v) is 5.88. The molecule has 0 bridgehead atoms. The first kappa shape index (κ1) is 10.1. The van der Waals surface area contributed by atoms with Crippen LogP contribution in [0.1, 0.15) is 5.56 Å². The number of aryl methyl sites for hydroxylation is 1. The van der Waals surface area contributed by atoms with Gasteiger partial charge >= 0.3 is 0 Å². The van der Waals surface area contributed by atoms with Crippen molar-refractivity contribution in [3.05, 3.63) is 23.8 Å². The van der Waals surface area contributed by atoms with Crippen LogP contribution in [-0.4, -0.2) is 20.8 Å². The second kappa shape index (κ2) is 3.32. The SMILES string of the molecule is Cc1ccc2c(c1)S(=O)(=O)N=C(CN)N2. The summed E-state index contributed by atoms with van der Waals surface area (Å²) in [5.74, 6) is 0.270. The summed E-state index contributed by atoms with van der Waals surface area (Å²) in [5.41, 5.74) is 6.77. The number of hydrogen-bond acceptors (Lipinski definition) is 4. The van der Waals surface area contributed by atoms with Gasteiger partial charge in [0.2, 0.25) is 0 Å². The Morgan fingerprint density at radius 1 is 1.47 bits per heavy atom. The Balaban J connectivity index is 2.64. The van der Waals surface area contributed by atoms with Gasteiger partial charge in [-0.05, 0) is 24.6 Å². The van der Waals surface area contributed by atoms with Crippen molar-refractivity contribution < 1.29 is 8.42 Å². The highest BCUT2D eigenvalue weighted by Crippen LogP contribution is 2.27. The van der Waals surface area contributed by atoms with Crippen LogP contribution >= 0.6 is 0 Å². The molecule has 0 radical (unpaired) electrons. The van der Waals surface area contributed by atoms with Gasteiger partial charge < -0.3 is 11.1 Å². The highest BCUT2D eigenvalue weighted by Gasteiger charge is 2.23. The molecule has 0 saturated heterocycles. The van der Waals surface area contributed by atoms with E-state index < -0.39 is 10.0 Å². The van der Waals surface area contributed by atoms with Gasteiger partial charge in [0.25, 0.3) is 10.0 Å². The normalized spacial score (nSPS) is 17.6. The van der Waals surface area contributed by atoms with Crippen LogP contribution in [0.4, 0.5) is 5.69 Å². The summed E-state index contributed by atoms with van der Waals surface area (Å²) < 4.78 is 27.0. The summed E-state index contributed by atoms with van der Waals surface area (Å²) in [4.78, 5) is 0.208. The van der Waals surface area contributed by atoms with Crippen LogP contribution in [0.5, 0.6) is 0 Å². The predicted octanol–water partition coefficient (Wildman–Crippen LogP) is 0.466. The number of hydrogen-bond donors (Lipinski definition) is 2. The van der Waals surface area contributed by atoms with Crippen molar-refractivity contribution in [1.82, 2.24) is 0 Å². The fourth-order valence-electron chi connectivity index (χ4n) is 1.41. The zero-order chi connectivity index (χ0) is 11.1. The van der Waals surface area contributed by atoms with Gasteiger partial charge in [-0.25, -0.2) is 0 Å². The van der Waals surface area contributed by atoms with Gasteiger partial charge in [-0.2, -0.15) is 8.42 Å². The van der Waals surface area contributed by atoms with E-state index in [1.165, 1.54) is 0 Å². The van der Waals surface area contributed by atoms with Gasteiger partial charge in [0.15, 0.2) is 0 Å². The predicted molar refractivity (Wildman–Crippen MR) is 58.5 cm³/mol. The monoisotopic (exact) mass is 225 g/mol. The lowest BCUT2D eigenvalue weighted by Gasteiger charge is -2.17. The van der Waals surface area contributed by atoms with Crippen LogP contribution in [0.15, 0.2) is 27.5 Å². The molecule has 1 aliphatic heterocycles. The topological polar surface area (TPSA) is 84.5 Å². The smallest absolute Gasteiger partial charge is 0.286 e. The van der Waals surface area contributed by atoms with Gasteiger partial charge in [0.05, 0.1) is 12.2 Å². The quantitative estimate of drug-likeness (QED) is 0.727. The number of nitrogens with one attached hydrogen (secondary N) is 1. The summed E-state index contributed by atoms with van der Waals surface area (Å²) in [7, 11) is -3.58. The minimum atomic E-state index is -3.58.